The van der Waals surface area contributed by atoms with E-state index < -0.39 is 0 Å². The smallest absolute Gasteiger partial charge is 0.124 e. The largest absolute Gasteiger partial charge is 0.384 e. The van der Waals surface area contributed by atoms with Gasteiger partial charge in [-0.2, -0.15) is 0 Å². The van der Waals surface area contributed by atoms with E-state index in [1.807, 2.05) is 12.1 Å². The number of H-pyrrole nitrogens is 1. The number of nitrogens with one attached hydrogen (secondary N) is 1. The number of aromatic nitrogens is 2. The Labute approximate surface area is 107 Å². The van der Waals surface area contributed by atoms with E-state index in [1.165, 1.54) is 31.5 Å². The Morgan fingerprint density at radius 2 is 2.17 bits per heavy atom. The van der Waals surface area contributed by atoms with Gasteiger partial charge in [-0.1, -0.05) is 6.92 Å². The minimum absolute atomic E-state index is 0.606. The third-order valence-corrected chi connectivity index (χ3v) is 4.05. The molecule has 1 fully saturated rings. The summed E-state index contributed by atoms with van der Waals surface area (Å²) in [4.78, 5) is 10.3. The number of piperidine rings is 1. The van der Waals surface area contributed by atoms with Crippen molar-refractivity contribution in [2.24, 2.45) is 0 Å². The van der Waals surface area contributed by atoms with Gasteiger partial charge in [-0.3, -0.25) is 0 Å². The second-order valence-electron chi connectivity index (χ2n) is 5.08. The molecule has 4 heteroatoms. The van der Waals surface area contributed by atoms with Crippen molar-refractivity contribution < 1.29 is 0 Å². The highest BCUT2D eigenvalue weighted by molar-refractivity contribution is 5.80. The maximum atomic E-state index is 5.79. The molecule has 0 atom stereocenters. The topological polar surface area (TPSA) is 57.9 Å². The van der Waals surface area contributed by atoms with Crippen molar-refractivity contribution >= 4 is 16.9 Å². The minimum Gasteiger partial charge on any atom is -0.384 e. The average Bonchev–Trinajstić information content (AvgIpc) is 2.82. The normalized spacial score (nSPS) is 18.5. The monoisotopic (exact) mass is 244 g/mol. The van der Waals surface area contributed by atoms with Crippen LogP contribution in [0.4, 0.5) is 5.82 Å². The second-order valence-corrected chi connectivity index (χ2v) is 5.08. The van der Waals surface area contributed by atoms with E-state index in [1.54, 1.807) is 0 Å². The van der Waals surface area contributed by atoms with Gasteiger partial charge in [-0.15, -0.1) is 0 Å². The molecule has 96 valence electrons. The third-order valence-electron chi connectivity index (χ3n) is 4.05. The van der Waals surface area contributed by atoms with Gasteiger partial charge in [0.1, 0.15) is 5.82 Å². The lowest BCUT2D eigenvalue weighted by Gasteiger charge is -2.30. The van der Waals surface area contributed by atoms with E-state index in [4.69, 9.17) is 5.73 Å². The van der Waals surface area contributed by atoms with Crippen LogP contribution in [0.5, 0.6) is 0 Å². The molecule has 1 aliphatic heterocycles. The molecule has 3 N–H and O–H groups in total. The van der Waals surface area contributed by atoms with Crippen molar-refractivity contribution in [3.63, 3.8) is 0 Å². The first-order chi connectivity index (χ1) is 8.78. The molecular formula is C14H20N4. The zero-order chi connectivity index (χ0) is 12.5. The first-order valence-corrected chi connectivity index (χ1v) is 6.73. The second kappa shape index (κ2) is 4.61. The van der Waals surface area contributed by atoms with Crippen molar-refractivity contribution in [1.82, 2.24) is 14.9 Å². The highest BCUT2D eigenvalue weighted by Crippen LogP contribution is 2.32. The summed E-state index contributed by atoms with van der Waals surface area (Å²) in [7, 11) is 0. The number of likely N-dealkylation sites (tertiary alicyclic amines) is 1. The molecule has 0 amide bonds. The molecule has 18 heavy (non-hydrogen) atoms. The minimum atomic E-state index is 0.606. The summed E-state index contributed by atoms with van der Waals surface area (Å²) >= 11 is 0. The molecule has 0 unspecified atom stereocenters. The molecule has 1 saturated heterocycles. The van der Waals surface area contributed by atoms with Gasteiger partial charge in [0.15, 0.2) is 0 Å². The average molecular weight is 244 g/mol. The summed E-state index contributed by atoms with van der Waals surface area (Å²) < 4.78 is 0. The Balaban J connectivity index is 1.88. The van der Waals surface area contributed by atoms with Crippen molar-refractivity contribution in [1.29, 1.82) is 0 Å². The predicted octanol–water partition coefficient (Wildman–Crippen LogP) is 2.34. The number of pyridine rings is 1. The summed E-state index contributed by atoms with van der Waals surface area (Å²) in [5.74, 6) is 1.23. The zero-order valence-corrected chi connectivity index (χ0v) is 10.8. The van der Waals surface area contributed by atoms with Gasteiger partial charge in [0.05, 0.1) is 11.0 Å². The number of aromatic amines is 1. The fourth-order valence-electron chi connectivity index (χ4n) is 2.91. The Morgan fingerprint density at radius 3 is 2.89 bits per heavy atom. The van der Waals surface area contributed by atoms with Crippen LogP contribution < -0.4 is 5.73 Å². The first-order valence-electron chi connectivity index (χ1n) is 6.73. The molecule has 3 heterocycles. The van der Waals surface area contributed by atoms with Gasteiger partial charge < -0.3 is 15.6 Å². The standard InChI is InChI=1S/C14H20N4/c1-2-18-7-5-10(6-8-18)11-9-16-12-3-4-13(15)17-14(11)12/h3-4,9-10,16H,2,5-8H2,1H3,(H2,15,17). The van der Waals surface area contributed by atoms with Crippen LogP contribution in [0.3, 0.4) is 0 Å². The lowest BCUT2D eigenvalue weighted by molar-refractivity contribution is 0.223. The van der Waals surface area contributed by atoms with Crippen LogP contribution >= 0.6 is 0 Å². The van der Waals surface area contributed by atoms with E-state index in [9.17, 15) is 0 Å². The summed E-state index contributed by atoms with van der Waals surface area (Å²) in [5.41, 5.74) is 9.29. The van der Waals surface area contributed by atoms with E-state index in [-0.39, 0.29) is 0 Å². The molecule has 1 aliphatic rings. The summed E-state index contributed by atoms with van der Waals surface area (Å²) in [6.07, 6.45) is 4.55. The number of nitrogens with zero attached hydrogens (tertiary/aromatic N) is 2. The quantitative estimate of drug-likeness (QED) is 0.852. The number of fused-ring (bicyclic) bond motifs is 1. The Bertz CT molecular complexity index is 538. The van der Waals surface area contributed by atoms with Crippen molar-refractivity contribution in [3.8, 4) is 0 Å². The van der Waals surface area contributed by atoms with E-state index in [0.29, 0.717) is 11.7 Å². The van der Waals surface area contributed by atoms with Gasteiger partial charge in [0, 0.05) is 6.20 Å². The number of nitrogen functional groups attached to an aromatic ring is 1. The maximum absolute atomic E-state index is 5.79. The summed E-state index contributed by atoms with van der Waals surface area (Å²) in [6.45, 7) is 5.77. The lowest BCUT2D eigenvalue weighted by atomic mass is 9.90. The molecule has 0 saturated carbocycles. The van der Waals surface area contributed by atoms with Crippen molar-refractivity contribution in [3.05, 3.63) is 23.9 Å². The molecule has 0 aliphatic carbocycles. The van der Waals surface area contributed by atoms with Gasteiger partial charge >= 0.3 is 0 Å². The fourth-order valence-corrected chi connectivity index (χ4v) is 2.91. The Kier molecular flexibility index (Phi) is 2.96. The molecule has 0 radical (unpaired) electrons. The molecule has 0 aromatic carbocycles. The van der Waals surface area contributed by atoms with Crippen LogP contribution in [0, 0.1) is 0 Å². The van der Waals surface area contributed by atoms with Gasteiger partial charge in [0.25, 0.3) is 0 Å². The first kappa shape index (κ1) is 11.5. The van der Waals surface area contributed by atoms with E-state index in [2.05, 4.69) is 28.0 Å². The summed E-state index contributed by atoms with van der Waals surface area (Å²) in [5, 5.41) is 0. The van der Waals surface area contributed by atoms with Crippen LogP contribution in [-0.4, -0.2) is 34.5 Å². The molecular weight excluding hydrogens is 224 g/mol. The molecule has 2 aromatic rings. The molecule has 3 rings (SSSR count). The SMILES string of the molecule is CCN1CCC(c2c[nH]c3ccc(N)nc23)CC1. The number of anilines is 1. The van der Waals surface area contributed by atoms with Crippen LogP contribution in [0.15, 0.2) is 18.3 Å². The van der Waals surface area contributed by atoms with E-state index >= 15 is 0 Å². The molecule has 0 bridgehead atoms. The van der Waals surface area contributed by atoms with Gasteiger partial charge in [-0.05, 0) is 56.1 Å². The van der Waals surface area contributed by atoms with Crippen LogP contribution in [0.1, 0.15) is 31.2 Å². The molecule has 2 aromatic heterocycles. The van der Waals surface area contributed by atoms with Gasteiger partial charge in [0.2, 0.25) is 0 Å². The highest BCUT2D eigenvalue weighted by Gasteiger charge is 2.22. The predicted molar refractivity (Wildman–Crippen MR) is 74.6 cm³/mol. The van der Waals surface area contributed by atoms with Crippen LogP contribution in [-0.2, 0) is 0 Å². The molecule has 4 nitrogen and oxygen atoms in total. The number of hydrogen-bond donors (Lipinski definition) is 2. The number of rotatable bonds is 2. The third kappa shape index (κ3) is 1.97. The molecule has 0 spiro atoms. The van der Waals surface area contributed by atoms with Crippen molar-refractivity contribution in [2.75, 3.05) is 25.4 Å². The van der Waals surface area contributed by atoms with Crippen molar-refractivity contribution in [2.45, 2.75) is 25.7 Å². The zero-order valence-electron chi connectivity index (χ0n) is 10.8. The van der Waals surface area contributed by atoms with Crippen LogP contribution in [0.2, 0.25) is 0 Å². The number of hydrogen-bond acceptors (Lipinski definition) is 3. The Morgan fingerprint density at radius 1 is 1.39 bits per heavy atom. The van der Waals surface area contributed by atoms with Crippen LogP contribution in [0.25, 0.3) is 11.0 Å². The lowest BCUT2D eigenvalue weighted by Crippen LogP contribution is -2.32. The fraction of sp³-hybridized carbons (Fsp3) is 0.500. The highest BCUT2D eigenvalue weighted by atomic mass is 15.1. The Hall–Kier alpha value is -1.55. The van der Waals surface area contributed by atoms with Gasteiger partial charge in [-0.25, -0.2) is 4.98 Å². The summed E-state index contributed by atoms with van der Waals surface area (Å²) in [6, 6.07) is 3.87. The number of nitrogens with two attached hydrogens (primary N) is 1. The maximum Gasteiger partial charge on any atom is 0.124 e. The van der Waals surface area contributed by atoms with E-state index in [0.717, 1.165) is 17.6 Å².